The van der Waals surface area contributed by atoms with Crippen LogP contribution in [-0.2, 0) is 6.61 Å². The van der Waals surface area contributed by atoms with Crippen molar-refractivity contribution in [2.75, 3.05) is 5.32 Å². The van der Waals surface area contributed by atoms with E-state index < -0.39 is 0 Å². The Morgan fingerprint density at radius 2 is 1.87 bits per heavy atom. The summed E-state index contributed by atoms with van der Waals surface area (Å²) in [4.78, 5) is 18.2. The van der Waals surface area contributed by atoms with Gasteiger partial charge >= 0.3 is 0 Å². The molecule has 2 aromatic carbocycles. The Hall–Kier alpha value is -3.09. The Labute approximate surface area is 183 Å². The zero-order chi connectivity index (χ0) is 21.1. The molecule has 0 unspecified atom stereocenters. The number of rotatable bonds is 6. The number of thiazole rings is 1. The van der Waals surface area contributed by atoms with E-state index in [1.807, 2.05) is 50.2 Å². The summed E-state index contributed by atoms with van der Waals surface area (Å²) in [6.45, 7) is 4.20. The van der Waals surface area contributed by atoms with E-state index in [2.05, 4.69) is 10.3 Å². The van der Waals surface area contributed by atoms with Gasteiger partial charge in [0.1, 0.15) is 18.1 Å². The van der Waals surface area contributed by atoms with Crippen LogP contribution in [-0.4, -0.2) is 10.9 Å². The number of nitrogens with zero attached hydrogens (tertiary/aromatic N) is 1. The fourth-order valence-electron chi connectivity index (χ4n) is 2.88. The molecule has 2 heterocycles. The second-order valence-electron chi connectivity index (χ2n) is 6.73. The first kappa shape index (κ1) is 20.2. The molecule has 0 aliphatic rings. The minimum absolute atomic E-state index is 0.172. The highest BCUT2D eigenvalue weighted by Gasteiger charge is 2.16. The van der Waals surface area contributed by atoms with E-state index in [0.29, 0.717) is 21.7 Å². The zero-order valence-corrected chi connectivity index (χ0v) is 18.0. The second kappa shape index (κ2) is 8.73. The molecule has 4 aromatic rings. The molecule has 30 heavy (non-hydrogen) atoms. The molecular formula is C23H19ClN2O3S. The highest BCUT2D eigenvalue weighted by molar-refractivity contribution is 7.16. The minimum atomic E-state index is -0.358. The highest BCUT2D eigenvalue weighted by Crippen LogP contribution is 2.31. The zero-order valence-electron chi connectivity index (χ0n) is 16.4. The topological polar surface area (TPSA) is 64.4 Å². The molecule has 152 valence electrons. The molecule has 0 aliphatic heterocycles. The average Bonchev–Trinajstić information content (AvgIpc) is 3.35. The van der Waals surface area contributed by atoms with Gasteiger partial charge in [-0.2, -0.15) is 0 Å². The van der Waals surface area contributed by atoms with Gasteiger partial charge in [-0.05, 0) is 38.1 Å². The standard InChI is InChI=1S/C23H19ClN2O3S/c1-14-7-9-16(10-8-14)21-15(2)30-23(25-21)26-22(27)20-12-11-17(29-20)13-28-19-6-4-3-5-18(19)24/h3-12H,13H2,1-2H3,(H,25,26,27). The first-order valence-electron chi connectivity index (χ1n) is 9.31. The Kier molecular flexibility index (Phi) is 5.88. The van der Waals surface area contributed by atoms with E-state index in [1.165, 1.54) is 16.9 Å². The van der Waals surface area contributed by atoms with Crippen LogP contribution in [0.5, 0.6) is 5.75 Å². The van der Waals surface area contributed by atoms with E-state index >= 15 is 0 Å². The molecule has 0 aliphatic carbocycles. The minimum Gasteiger partial charge on any atom is -0.484 e. The summed E-state index contributed by atoms with van der Waals surface area (Å²) in [5.41, 5.74) is 3.07. The maximum Gasteiger partial charge on any atom is 0.293 e. The number of para-hydroxylation sites is 1. The van der Waals surface area contributed by atoms with Crippen LogP contribution in [0.3, 0.4) is 0 Å². The molecule has 0 bridgehead atoms. The van der Waals surface area contributed by atoms with Gasteiger partial charge in [0.05, 0.1) is 10.7 Å². The normalized spacial score (nSPS) is 10.8. The number of furan rings is 1. The number of anilines is 1. The van der Waals surface area contributed by atoms with E-state index in [9.17, 15) is 4.79 Å². The lowest BCUT2D eigenvalue weighted by atomic mass is 10.1. The van der Waals surface area contributed by atoms with Crippen LogP contribution in [0.2, 0.25) is 5.02 Å². The van der Waals surface area contributed by atoms with Crippen LogP contribution in [0.1, 0.15) is 26.8 Å². The summed E-state index contributed by atoms with van der Waals surface area (Å²) in [5.74, 6) is 0.917. The summed E-state index contributed by atoms with van der Waals surface area (Å²) in [7, 11) is 0. The Morgan fingerprint density at radius 3 is 2.63 bits per heavy atom. The summed E-state index contributed by atoms with van der Waals surface area (Å²) >= 11 is 7.51. The maximum atomic E-state index is 12.6. The third kappa shape index (κ3) is 4.56. The molecule has 0 radical (unpaired) electrons. The molecule has 2 aromatic heterocycles. The molecule has 0 fully saturated rings. The monoisotopic (exact) mass is 438 g/mol. The fraction of sp³-hybridized carbons (Fsp3) is 0.130. The summed E-state index contributed by atoms with van der Waals surface area (Å²) < 4.78 is 11.3. The largest absolute Gasteiger partial charge is 0.484 e. The van der Waals surface area contributed by atoms with Crippen molar-refractivity contribution >= 4 is 34.0 Å². The van der Waals surface area contributed by atoms with Crippen molar-refractivity contribution in [1.82, 2.24) is 4.98 Å². The molecular weight excluding hydrogens is 420 g/mol. The maximum absolute atomic E-state index is 12.6. The van der Waals surface area contributed by atoms with Crippen molar-refractivity contribution in [3.63, 3.8) is 0 Å². The number of carbonyl (C=O) groups excluding carboxylic acids is 1. The van der Waals surface area contributed by atoms with Crippen molar-refractivity contribution in [3.8, 4) is 17.0 Å². The first-order chi connectivity index (χ1) is 14.5. The third-order valence-corrected chi connectivity index (χ3v) is 5.63. The van der Waals surface area contributed by atoms with E-state index in [-0.39, 0.29) is 18.3 Å². The lowest BCUT2D eigenvalue weighted by Crippen LogP contribution is -2.10. The molecule has 0 atom stereocenters. The van der Waals surface area contributed by atoms with Crippen LogP contribution in [0.15, 0.2) is 65.1 Å². The second-order valence-corrected chi connectivity index (χ2v) is 8.34. The average molecular weight is 439 g/mol. The number of hydrogen-bond acceptors (Lipinski definition) is 5. The molecule has 5 nitrogen and oxygen atoms in total. The third-order valence-electron chi connectivity index (χ3n) is 4.43. The van der Waals surface area contributed by atoms with Crippen LogP contribution >= 0.6 is 22.9 Å². The van der Waals surface area contributed by atoms with E-state index in [1.54, 1.807) is 24.3 Å². The van der Waals surface area contributed by atoms with Crippen molar-refractivity contribution in [1.29, 1.82) is 0 Å². The number of halogens is 1. The van der Waals surface area contributed by atoms with Gasteiger partial charge < -0.3 is 9.15 Å². The predicted octanol–water partition coefficient (Wildman–Crippen LogP) is 6.50. The van der Waals surface area contributed by atoms with Gasteiger partial charge in [0.15, 0.2) is 10.9 Å². The first-order valence-corrected chi connectivity index (χ1v) is 10.5. The lowest BCUT2D eigenvalue weighted by molar-refractivity contribution is 0.0992. The summed E-state index contributed by atoms with van der Waals surface area (Å²) in [5, 5.41) is 3.85. The van der Waals surface area contributed by atoms with Crippen LogP contribution in [0.4, 0.5) is 5.13 Å². The van der Waals surface area contributed by atoms with Crippen LogP contribution < -0.4 is 10.1 Å². The van der Waals surface area contributed by atoms with Gasteiger partial charge in [0.25, 0.3) is 5.91 Å². The highest BCUT2D eigenvalue weighted by atomic mass is 35.5. The molecule has 7 heteroatoms. The molecule has 0 spiro atoms. The number of ether oxygens (including phenoxy) is 1. The number of nitrogens with one attached hydrogen (secondary N) is 1. The quantitative estimate of drug-likeness (QED) is 0.373. The molecule has 0 saturated carbocycles. The fourth-order valence-corrected chi connectivity index (χ4v) is 3.90. The van der Waals surface area contributed by atoms with Gasteiger partial charge in [-0.15, -0.1) is 11.3 Å². The van der Waals surface area contributed by atoms with Crippen molar-refractivity contribution in [2.45, 2.75) is 20.5 Å². The number of amides is 1. The number of hydrogen-bond donors (Lipinski definition) is 1. The smallest absolute Gasteiger partial charge is 0.293 e. The SMILES string of the molecule is Cc1ccc(-c2nc(NC(=O)c3ccc(COc4ccccc4Cl)o3)sc2C)cc1. The number of benzene rings is 2. The number of aryl methyl sites for hydroxylation is 2. The van der Waals surface area contributed by atoms with Crippen LogP contribution in [0.25, 0.3) is 11.3 Å². The molecule has 4 rings (SSSR count). The Bertz CT molecular complexity index is 1180. The number of carbonyl (C=O) groups is 1. The van der Waals surface area contributed by atoms with E-state index in [4.69, 9.17) is 20.8 Å². The lowest BCUT2D eigenvalue weighted by Gasteiger charge is -2.05. The molecule has 1 amide bonds. The van der Waals surface area contributed by atoms with Crippen molar-refractivity contribution in [3.05, 3.63) is 87.6 Å². The predicted molar refractivity (Wildman–Crippen MR) is 119 cm³/mol. The van der Waals surface area contributed by atoms with Gasteiger partial charge in [-0.1, -0.05) is 53.6 Å². The number of aromatic nitrogens is 1. The van der Waals surface area contributed by atoms with Crippen molar-refractivity contribution in [2.24, 2.45) is 0 Å². The van der Waals surface area contributed by atoms with Gasteiger partial charge in [-0.3, -0.25) is 10.1 Å². The van der Waals surface area contributed by atoms with Crippen molar-refractivity contribution < 1.29 is 13.9 Å². The van der Waals surface area contributed by atoms with Crippen LogP contribution in [0, 0.1) is 13.8 Å². The van der Waals surface area contributed by atoms with Gasteiger partial charge in [-0.25, -0.2) is 4.98 Å². The molecule has 1 N–H and O–H groups in total. The molecule has 0 saturated heterocycles. The Morgan fingerprint density at radius 1 is 1.10 bits per heavy atom. The Balaban J connectivity index is 1.42. The van der Waals surface area contributed by atoms with Gasteiger partial charge in [0, 0.05) is 10.4 Å². The van der Waals surface area contributed by atoms with E-state index in [0.717, 1.165) is 16.1 Å². The van der Waals surface area contributed by atoms with Gasteiger partial charge in [0.2, 0.25) is 0 Å². The summed E-state index contributed by atoms with van der Waals surface area (Å²) in [6.07, 6.45) is 0. The summed E-state index contributed by atoms with van der Waals surface area (Å²) in [6, 6.07) is 18.6.